The molecule has 1 unspecified atom stereocenters. The SMILES string of the molecule is CC(OC=O)c1cnc2ccccc2n1. The zero-order valence-corrected chi connectivity index (χ0v) is 8.25. The molecule has 0 spiro atoms. The number of ether oxygens (including phenoxy) is 1. The molecule has 1 heterocycles. The summed E-state index contributed by atoms with van der Waals surface area (Å²) in [7, 11) is 0. The van der Waals surface area contributed by atoms with Crippen molar-refractivity contribution in [2.24, 2.45) is 0 Å². The lowest BCUT2D eigenvalue weighted by atomic mass is 10.2. The summed E-state index contributed by atoms with van der Waals surface area (Å²) in [5, 5.41) is 0. The third-order valence-electron chi connectivity index (χ3n) is 2.14. The number of hydrogen-bond acceptors (Lipinski definition) is 4. The molecule has 15 heavy (non-hydrogen) atoms. The minimum absolute atomic E-state index is 0.361. The molecule has 0 saturated carbocycles. The largest absolute Gasteiger partial charge is 0.458 e. The van der Waals surface area contributed by atoms with Crippen molar-refractivity contribution in [2.75, 3.05) is 0 Å². The molecular formula is C11H10N2O2. The van der Waals surface area contributed by atoms with Crippen LogP contribution in [0.3, 0.4) is 0 Å². The summed E-state index contributed by atoms with van der Waals surface area (Å²) in [5.74, 6) is 0. The molecule has 76 valence electrons. The Hall–Kier alpha value is -1.97. The fraction of sp³-hybridized carbons (Fsp3) is 0.182. The molecule has 2 rings (SSSR count). The van der Waals surface area contributed by atoms with Crippen molar-refractivity contribution in [1.29, 1.82) is 0 Å². The van der Waals surface area contributed by atoms with Gasteiger partial charge in [-0.3, -0.25) is 9.78 Å². The highest BCUT2D eigenvalue weighted by atomic mass is 16.5. The highest BCUT2D eigenvalue weighted by Gasteiger charge is 2.08. The van der Waals surface area contributed by atoms with Gasteiger partial charge in [0.05, 0.1) is 22.9 Å². The van der Waals surface area contributed by atoms with Crippen LogP contribution in [0.2, 0.25) is 0 Å². The third kappa shape index (κ3) is 1.93. The van der Waals surface area contributed by atoms with E-state index in [1.807, 2.05) is 24.3 Å². The van der Waals surface area contributed by atoms with Gasteiger partial charge < -0.3 is 4.74 Å². The molecule has 0 radical (unpaired) electrons. The summed E-state index contributed by atoms with van der Waals surface area (Å²) >= 11 is 0. The van der Waals surface area contributed by atoms with E-state index in [0.29, 0.717) is 12.2 Å². The van der Waals surface area contributed by atoms with Crippen molar-refractivity contribution in [3.63, 3.8) is 0 Å². The van der Waals surface area contributed by atoms with Crippen LogP contribution >= 0.6 is 0 Å². The predicted octanol–water partition coefficient (Wildman–Crippen LogP) is 1.86. The average Bonchev–Trinajstić information content (AvgIpc) is 2.29. The number of benzene rings is 1. The molecule has 2 aromatic rings. The average molecular weight is 202 g/mol. The van der Waals surface area contributed by atoms with Crippen LogP contribution in [0.25, 0.3) is 11.0 Å². The van der Waals surface area contributed by atoms with Gasteiger partial charge in [0.2, 0.25) is 0 Å². The Morgan fingerprint density at radius 2 is 2.07 bits per heavy atom. The summed E-state index contributed by atoms with van der Waals surface area (Å²) in [4.78, 5) is 18.8. The van der Waals surface area contributed by atoms with Crippen LogP contribution in [-0.4, -0.2) is 16.4 Å². The van der Waals surface area contributed by atoms with E-state index in [2.05, 4.69) is 9.97 Å². The number of hydrogen-bond donors (Lipinski definition) is 0. The molecule has 0 saturated heterocycles. The highest BCUT2D eigenvalue weighted by Crippen LogP contribution is 2.15. The van der Waals surface area contributed by atoms with Crippen molar-refractivity contribution < 1.29 is 9.53 Å². The maximum atomic E-state index is 10.2. The summed E-state index contributed by atoms with van der Waals surface area (Å²) in [6, 6.07) is 7.56. The van der Waals surface area contributed by atoms with Gasteiger partial charge in [0.15, 0.2) is 0 Å². The molecule has 1 aromatic heterocycles. The topological polar surface area (TPSA) is 52.1 Å². The van der Waals surface area contributed by atoms with E-state index in [9.17, 15) is 4.79 Å². The van der Waals surface area contributed by atoms with Crippen molar-refractivity contribution in [2.45, 2.75) is 13.0 Å². The van der Waals surface area contributed by atoms with E-state index in [1.165, 1.54) is 0 Å². The number of carbonyl (C=O) groups excluding carboxylic acids is 1. The molecule has 1 aromatic carbocycles. The Morgan fingerprint density at radius 3 is 2.80 bits per heavy atom. The van der Waals surface area contributed by atoms with E-state index in [0.717, 1.165) is 11.0 Å². The Bertz CT molecular complexity index is 485. The van der Waals surface area contributed by atoms with Gasteiger partial charge in [-0.15, -0.1) is 0 Å². The molecule has 4 heteroatoms. The van der Waals surface area contributed by atoms with Crippen molar-refractivity contribution >= 4 is 17.5 Å². The van der Waals surface area contributed by atoms with Crippen molar-refractivity contribution in [1.82, 2.24) is 9.97 Å². The van der Waals surface area contributed by atoms with Crippen LogP contribution in [-0.2, 0) is 9.53 Å². The quantitative estimate of drug-likeness (QED) is 0.713. The van der Waals surface area contributed by atoms with Crippen LogP contribution in [0.4, 0.5) is 0 Å². The van der Waals surface area contributed by atoms with Crippen molar-refractivity contribution in [3.8, 4) is 0 Å². The molecular weight excluding hydrogens is 192 g/mol. The first kappa shape index (κ1) is 9.58. The van der Waals surface area contributed by atoms with Crippen LogP contribution in [0, 0.1) is 0 Å². The summed E-state index contributed by atoms with van der Waals surface area (Å²) in [6.45, 7) is 2.18. The van der Waals surface area contributed by atoms with Gasteiger partial charge in [0, 0.05) is 0 Å². The molecule has 0 amide bonds. The van der Waals surface area contributed by atoms with Gasteiger partial charge in [-0.05, 0) is 19.1 Å². The summed E-state index contributed by atoms with van der Waals surface area (Å²) in [5.41, 5.74) is 2.29. The first-order chi connectivity index (χ1) is 7.31. The molecule has 0 aliphatic heterocycles. The Kier molecular flexibility index (Phi) is 2.58. The monoisotopic (exact) mass is 202 g/mol. The maximum Gasteiger partial charge on any atom is 0.293 e. The van der Waals surface area contributed by atoms with Crippen LogP contribution in [0.15, 0.2) is 30.5 Å². The van der Waals surface area contributed by atoms with E-state index in [1.54, 1.807) is 13.1 Å². The lowest BCUT2D eigenvalue weighted by Crippen LogP contribution is -2.02. The van der Waals surface area contributed by atoms with E-state index < -0.39 is 0 Å². The molecule has 0 N–H and O–H groups in total. The molecule has 0 aliphatic rings. The summed E-state index contributed by atoms with van der Waals surface area (Å²) in [6.07, 6.45) is 1.26. The standard InChI is InChI=1S/C11H10N2O2/c1-8(15-7-14)11-6-12-9-4-2-3-5-10(9)13-11/h2-8H,1H3. The molecule has 1 atom stereocenters. The van der Waals surface area contributed by atoms with Crippen LogP contribution in [0.1, 0.15) is 18.7 Å². The molecule has 0 fully saturated rings. The lowest BCUT2D eigenvalue weighted by molar-refractivity contribution is -0.133. The van der Waals surface area contributed by atoms with Crippen LogP contribution in [0.5, 0.6) is 0 Å². The van der Waals surface area contributed by atoms with Crippen molar-refractivity contribution in [3.05, 3.63) is 36.2 Å². The first-order valence-corrected chi connectivity index (χ1v) is 4.62. The molecule has 0 bridgehead atoms. The zero-order valence-electron chi connectivity index (χ0n) is 8.25. The normalized spacial score (nSPS) is 12.3. The van der Waals surface area contributed by atoms with E-state index in [4.69, 9.17) is 4.74 Å². The van der Waals surface area contributed by atoms with E-state index in [-0.39, 0.29) is 6.10 Å². The Balaban J connectivity index is 2.42. The second-order valence-corrected chi connectivity index (χ2v) is 3.16. The minimum atomic E-state index is -0.361. The second kappa shape index (κ2) is 4.04. The van der Waals surface area contributed by atoms with E-state index >= 15 is 0 Å². The number of nitrogens with zero attached hydrogens (tertiary/aromatic N) is 2. The number of rotatable bonds is 3. The van der Waals surface area contributed by atoms with Gasteiger partial charge in [-0.2, -0.15) is 0 Å². The molecule has 4 nitrogen and oxygen atoms in total. The fourth-order valence-electron chi connectivity index (χ4n) is 1.32. The number of aromatic nitrogens is 2. The van der Waals surface area contributed by atoms with Gasteiger partial charge in [-0.25, -0.2) is 4.98 Å². The molecule has 0 aliphatic carbocycles. The number of fused-ring (bicyclic) bond motifs is 1. The van der Waals surface area contributed by atoms with Crippen LogP contribution < -0.4 is 0 Å². The summed E-state index contributed by atoms with van der Waals surface area (Å²) < 4.78 is 4.79. The Labute approximate surface area is 86.9 Å². The van der Waals surface area contributed by atoms with Gasteiger partial charge in [0.25, 0.3) is 6.47 Å². The first-order valence-electron chi connectivity index (χ1n) is 4.62. The fourth-order valence-corrected chi connectivity index (χ4v) is 1.32. The Morgan fingerprint density at radius 1 is 1.33 bits per heavy atom. The lowest BCUT2D eigenvalue weighted by Gasteiger charge is -2.08. The van der Waals surface area contributed by atoms with Gasteiger partial charge in [0.1, 0.15) is 6.10 Å². The highest BCUT2D eigenvalue weighted by molar-refractivity contribution is 5.73. The predicted molar refractivity (Wildman–Crippen MR) is 55.1 cm³/mol. The maximum absolute atomic E-state index is 10.2. The second-order valence-electron chi connectivity index (χ2n) is 3.16. The van der Waals surface area contributed by atoms with Gasteiger partial charge >= 0.3 is 0 Å². The smallest absolute Gasteiger partial charge is 0.293 e. The number of carbonyl (C=O) groups is 1. The van der Waals surface area contributed by atoms with Gasteiger partial charge in [-0.1, -0.05) is 12.1 Å². The zero-order chi connectivity index (χ0) is 10.7. The third-order valence-corrected chi connectivity index (χ3v) is 2.14. The minimum Gasteiger partial charge on any atom is -0.458 e. The number of para-hydroxylation sites is 2.